The van der Waals surface area contributed by atoms with E-state index in [9.17, 15) is 13.2 Å². The predicted octanol–water partition coefficient (Wildman–Crippen LogP) is 5.04. The van der Waals surface area contributed by atoms with Gasteiger partial charge in [-0.3, -0.25) is 14.7 Å². The van der Waals surface area contributed by atoms with E-state index < -0.39 is 9.84 Å². The fourth-order valence-electron chi connectivity index (χ4n) is 4.34. The number of halogens is 1. The predicted molar refractivity (Wildman–Crippen MR) is 162 cm³/mol. The summed E-state index contributed by atoms with van der Waals surface area (Å²) in [6, 6.07) is 23.7. The molecule has 0 spiro atoms. The van der Waals surface area contributed by atoms with Crippen molar-refractivity contribution in [2.24, 2.45) is 0 Å². The molecule has 0 bridgehead atoms. The Bertz CT molecular complexity index is 1810. The van der Waals surface area contributed by atoms with E-state index in [1.165, 1.54) is 6.26 Å². The van der Waals surface area contributed by atoms with Crippen molar-refractivity contribution in [3.63, 3.8) is 0 Å². The molecule has 0 atom stereocenters. The fraction of sp³-hybridized carbons (Fsp3) is 0.172. The number of carbonyl (C=O) groups excluding carboxylic acids is 1. The molecule has 2 heterocycles. The molecule has 5 rings (SSSR count). The molecule has 2 aromatic heterocycles. The number of para-hydroxylation sites is 2. The van der Waals surface area contributed by atoms with Gasteiger partial charge in [-0.2, -0.15) is 4.98 Å². The number of hydrogen-bond donors (Lipinski definition) is 2. The molecule has 41 heavy (non-hydrogen) atoms. The van der Waals surface area contributed by atoms with E-state index in [0.717, 1.165) is 22.3 Å². The molecule has 12 heteroatoms. The van der Waals surface area contributed by atoms with Gasteiger partial charge in [0.15, 0.2) is 9.84 Å². The fourth-order valence-corrected chi connectivity index (χ4v) is 5.35. The van der Waals surface area contributed by atoms with Gasteiger partial charge in [-0.05, 0) is 53.6 Å². The highest BCUT2D eigenvalue weighted by atomic mass is 35.5. The van der Waals surface area contributed by atoms with Crippen LogP contribution in [0.25, 0.3) is 11.0 Å². The number of sulfone groups is 1. The molecule has 5 aromatic rings. The Morgan fingerprint density at radius 2 is 1.76 bits per heavy atom. The number of fused-ring (bicyclic) bond motifs is 1. The van der Waals surface area contributed by atoms with Crippen molar-refractivity contribution in [1.82, 2.24) is 19.5 Å². The summed E-state index contributed by atoms with van der Waals surface area (Å²) < 4.78 is 25.0. The van der Waals surface area contributed by atoms with E-state index >= 15 is 0 Å². The van der Waals surface area contributed by atoms with Gasteiger partial charge in [0, 0.05) is 30.2 Å². The minimum absolute atomic E-state index is 0.0178. The van der Waals surface area contributed by atoms with E-state index in [0.29, 0.717) is 35.0 Å². The van der Waals surface area contributed by atoms with Gasteiger partial charge < -0.3 is 10.2 Å². The third-order valence-corrected chi connectivity index (χ3v) is 7.28. The molecule has 2 N–H and O–H groups in total. The lowest BCUT2D eigenvalue weighted by Gasteiger charge is -2.21. The van der Waals surface area contributed by atoms with Gasteiger partial charge in [0.2, 0.25) is 17.8 Å². The van der Waals surface area contributed by atoms with Gasteiger partial charge in [-0.25, -0.2) is 18.4 Å². The van der Waals surface area contributed by atoms with Crippen LogP contribution in [-0.4, -0.2) is 47.1 Å². The highest BCUT2D eigenvalue weighted by Crippen LogP contribution is 2.23. The second kappa shape index (κ2) is 11.9. The third-order valence-electron chi connectivity index (χ3n) is 6.18. The lowest BCUT2D eigenvalue weighted by Crippen LogP contribution is -2.25. The molecule has 0 fully saturated rings. The summed E-state index contributed by atoms with van der Waals surface area (Å²) in [4.78, 5) is 28.4. The zero-order valence-electron chi connectivity index (χ0n) is 22.5. The number of benzene rings is 3. The van der Waals surface area contributed by atoms with Crippen molar-refractivity contribution in [3.8, 4) is 0 Å². The molecule has 0 aliphatic rings. The van der Waals surface area contributed by atoms with Crippen molar-refractivity contribution in [2.45, 2.75) is 18.8 Å². The Labute approximate surface area is 243 Å². The van der Waals surface area contributed by atoms with E-state index in [-0.39, 0.29) is 18.1 Å². The number of nitrogens with zero attached hydrogens (tertiary/aromatic N) is 5. The molecular weight excluding hydrogens is 562 g/mol. The van der Waals surface area contributed by atoms with Gasteiger partial charge in [-0.15, -0.1) is 0 Å². The maximum Gasteiger partial charge on any atom is 0.231 e. The summed E-state index contributed by atoms with van der Waals surface area (Å²) in [6.07, 6.45) is 3.02. The highest BCUT2D eigenvalue weighted by molar-refractivity contribution is 7.89. The van der Waals surface area contributed by atoms with Crippen LogP contribution in [0.1, 0.15) is 11.1 Å². The first kappa shape index (κ1) is 28.1. The average molecular weight is 590 g/mol. The maximum atomic E-state index is 12.9. The van der Waals surface area contributed by atoms with Crippen molar-refractivity contribution in [1.29, 1.82) is 0 Å². The Morgan fingerprint density at radius 1 is 0.976 bits per heavy atom. The normalized spacial score (nSPS) is 11.4. The average Bonchev–Trinajstić information content (AvgIpc) is 3.25. The van der Waals surface area contributed by atoms with Crippen molar-refractivity contribution in [2.75, 3.05) is 28.8 Å². The van der Waals surface area contributed by atoms with Gasteiger partial charge in [-0.1, -0.05) is 48.0 Å². The van der Waals surface area contributed by atoms with Crippen molar-refractivity contribution >= 4 is 61.8 Å². The summed E-state index contributed by atoms with van der Waals surface area (Å²) in [6.45, 7) is 0.351. The van der Waals surface area contributed by atoms with Crippen LogP contribution in [0.2, 0.25) is 5.02 Å². The van der Waals surface area contributed by atoms with Crippen molar-refractivity contribution < 1.29 is 13.2 Å². The SMILES string of the molecule is CN(Cn1c(NC(=O)Cc2cccc(Cl)c2)nc2ccccc21)c1ccnc(Nc2ccc(CS(C)(=O)=O)cc2)n1. The van der Waals surface area contributed by atoms with Gasteiger partial charge >= 0.3 is 0 Å². The molecule has 0 unspecified atom stereocenters. The first-order chi connectivity index (χ1) is 19.6. The lowest BCUT2D eigenvalue weighted by molar-refractivity contribution is -0.115. The second-order valence-corrected chi connectivity index (χ2v) is 12.3. The minimum atomic E-state index is -3.11. The van der Waals surface area contributed by atoms with Crippen molar-refractivity contribution in [3.05, 3.63) is 101 Å². The zero-order chi connectivity index (χ0) is 29.0. The lowest BCUT2D eigenvalue weighted by atomic mass is 10.1. The first-order valence-corrected chi connectivity index (χ1v) is 15.1. The van der Waals surface area contributed by atoms with Gasteiger partial charge in [0.1, 0.15) is 5.82 Å². The summed E-state index contributed by atoms with van der Waals surface area (Å²) in [7, 11) is -1.22. The highest BCUT2D eigenvalue weighted by Gasteiger charge is 2.16. The Balaban J connectivity index is 1.32. The second-order valence-electron chi connectivity index (χ2n) is 9.68. The van der Waals surface area contributed by atoms with E-state index in [2.05, 4.69) is 25.6 Å². The van der Waals surface area contributed by atoms with Crippen LogP contribution in [0, 0.1) is 0 Å². The molecule has 0 aliphatic heterocycles. The summed E-state index contributed by atoms with van der Waals surface area (Å²) in [5, 5.41) is 6.68. The maximum absolute atomic E-state index is 12.9. The van der Waals surface area contributed by atoms with Crippen LogP contribution < -0.4 is 15.5 Å². The molecule has 1 amide bonds. The van der Waals surface area contributed by atoms with Crippen LogP contribution in [0.5, 0.6) is 0 Å². The van der Waals surface area contributed by atoms with Crippen LogP contribution in [-0.2, 0) is 33.5 Å². The van der Waals surface area contributed by atoms with E-state index in [1.807, 2.05) is 52.9 Å². The minimum Gasteiger partial charge on any atom is -0.341 e. The Kier molecular flexibility index (Phi) is 8.18. The summed E-state index contributed by atoms with van der Waals surface area (Å²) >= 11 is 6.08. The molecule has 0 saturated carbocycles. The molecule has 3 aromatic carbocycles. The molecule has 10 nitrogen and oxygen atoms in total. The number of nitrogens with one attached hydrogen (secondary N) is 2. The van der Waals surface area contributed by atoms with Crippen LogP contribution in [0.15, 0.2) is 85.1 Å². The summed E-state index contributed by atoms with van der Waals surface area (Å²) in [5.74, 6) is 1.23. The molecule has 0 aliphatic carbocycles. The van der Waals surface area contributed by atoms with E-state index in [4.69, 9.17) is 11.6 Å². The first-order valence-electron chi connectivity index (χ1n) is 12.7. The molecule has 0 radical (unpaired) electrons. The zero-order valence-corrected chi connectivity index (χ0v) is 24.0. The van der Waals surface area contributed by atoms with Gasteiger partial charge in [0.25, 0.3) is 0 Å². The smallest absolute Gasteiger partial charge is 0.231 e. The third kappa shape index (κ3) is 7.38. The van der Waals surface area contributed by atoms with Crippen LogP contribution in [0.3, 0.4) is 0 Å². The van der Waals surface area contributed by atoms with Gasteiger partial charge in [0.05, 0.1) is 29.9 Å². The number of imidazole rings is 1. The Morgan fingerprint density at radius 3 is 2.51 bits per heavy atom. The number of rotatable bonds is 10. The summed E-state index contributed by atoms with van der Waals surface area (Å²) in [5.41, 5.74) is 3.85. The molecular formula is C29H28ClN7O3S. The quantitative estimate of drug-likeness (QED) is 0.232. The largest absolute Gasteiger partial charge is 0.341 e. The number of amides is 1. The Hall–Kier alpha value is -4.48. The van der Waals surface area contributed by atoms with Crippen LogP contribution >= 0.6 is 11.6 Å². The standard InChI is InChI=1S/C29H28ClN7O3S/c1-36(26-14-15-31-28(34-26)32-23-12-10-20(11-13-23)18-41(2,39)40)19-37-25-9-4-3-8-24(25)33-29(37)35-27(38)17-21-6-5-7-22(30)16-21/h3-16H,17-19H2,1-2H3,(H,31,32,34)(H,33,35,38). The topological polar surface area (TPSA) is 122 Å². The monoisotopic (exact) mass is 589 g/mol. The number of aromatic nitrogens is 4. The van der Waals surface area contributed by atoms with Crippen LogP contribution in [0.4, 0.5) is 23.4 Å². The molecule has 210 valence electrons. The van der Waals surface area contributed by atoms with E-state index in [1.54, 1.807) is 48.7 Å². The molecule has 0 saturated heterocycles. The number of hydrogen-bond acceptors (Lipinski definition) is 8. The number of carbonyl (C=O) groups is 1. The number of anilines is 4.